The van der Waals surface area contributed by atoms with Gasteiger partial charge >= 0.3 is 5.97 Å². The van der Waals surface area contributed by atoms with E-state index in [1.54, 1.807) is 13.0 Å². The predicted molar refractivity (Wildman–Crippen MR) is 49.3 cm³/mol. The van der Waals surface area contributed by atoms with Crippen LogP contribution in [0.1, 0.15) is 13.8 Å². The first-order valence-electron chi connectivity index (χ1n) is 4.32. The molecule has 0 N–H and O–H groups in total. The molecule has 1 heterocycles. The van der Waals surface area contributed by atoms with Crippen LogP contribution in [0.15, 0.2) is 23.8 Å². The monoisotopic (exact) mass is 182 g/mol. The smallest absolute Gasteiger partial charge is 0.333 e. The molecule has 1 atom stereocenters. The third-order valence-electron chi connectivity index (χ3n) is 1.66. The van der Waals surface area contributed by atoms with E-state index in [2.05, 4.69) is 0 Å². The fourth-order valence-corrected chi connectivity index (χ4v) is 0.755. The van der Waals surface area contributed by atoms with E-state index in [-0.39, 0.29) is 12.1 Å². The average Bonchev–Trinajstić information content (AvgIpc) is 2.93. The van der Waals surface area contributed by atoms with E-state index in [0.29, 0.717) is 18.8 Å². The summed E-state index contributed by atoms with van der Waals surface area (Å²) in [6.45, 7) is 4.72. The van der Waals surface area contributed by atoms with Gasteiger partial charge in [-0.1, -0.05) is 18.2 Å². The molecular weight excluding hydrogens is 168 g/mol. The quantitative estimate of drug-likeness (QED) is 0.286. The highest BCUT2D eigenvalue weighted by molar-refractivity contribution is 5.88. The van der Waals surface area contributed by atoms with Gasteiger partial charge in [-0.3, -0.25) is 0 Å². The Labute approximate surface area is 78.0 Å². The van der Waals surface area contributed by atoms with Gasteiger partial charge in [0.2, 0.25) is 0 Å². The summed E-state index contributed by atoms with van der Waals surface area (Å²) >= 11 is 0. The molecule has 72 valence electrons. The first-order valence-corrected chi connectivity index (χ1v) is 4.32. The minimum absolute atomic E-state index is 0.137. The Morgan fingerprint density at radius 2 is 2.38 bits per heavy atom. The molecule has 0 saturated carbocycles. The Kier molecular flexibility index (Phi) is 3.71. The second kappa shape index (κ2) is 4.82. The van der Waals surface area contributed by atoms with E-state index < -0.39 is 0 Å². The van der Waals surface area contributed by atoms with Crippen LogP contribution in [0.4, 0.5) is 0 Å². The van der Waals surface area contributed by atoms with Gasteiger partial charge in [0.25, 0.3) is 0 Å². The molecule has 3 nitrogen and oxygen atoms in total. The maximum Gasteiger partial charge on any atom is 0.333 e. The molecule has 1 fully saturated rings. The SMILES string of the molecule is CC=CC=C(C)C(=O)OCC1CO1. The summed E-state index contributed by atoms with van der Waals surface area (Å²) in [6, 6.07) is 0. The Bertz CT molecular complexity index is 237. The van der Waals surface area contributed by atoms with Gasteiger partial charge in [-0.2, -0.15) is 0 Å². The van der Waals surface area contributed by atoms with Crippen LogP contribution in [0.5, 0.6) is 0 Å². The molecule has 0 aliphatic carbocycles. The normalized spacial score (nSPS) is 22.0. The molecule has 0 spiro atoms. The fourth-order valence-electron chi connectivity index (χ4n) is 0.755. The van der Waals surface area contributed by atoms with Crippen molar-refractivity contribution in [2.45, 2.75) is 20.0 Å². The number of hydrogen-bond acceptors (Lipinski definition) is 3. The highest BCUT2D eigenvalue weighted by Crippen LogP contribution is 2.09. The zero-order valence-corrected chi connectivity index (χ0v) is 7.95. The largest absolute Gasteiger partial charge is 0.459 e. The van der Waals surface area contributed by atoms with Crippen LogP contribution >= 0.6 is 0 Å². The zero-order valence-electron chi connectivity index (χ0n) is 7.95. The third-order valence-corrected chi connectivity index (χ3v) is 1.66. The Hall–Kier alpha value is -1.09. The Balaban J connectivity index is 2.27. The lowest BCUT2D eigenvalue weighted by Crippen LogP contribution is -2.10. The number of carbonyl (C=O) groups excluding carboxylic acids is 1. The number of allylic oxidation sites excluding steroid dienone is 3. The number of ether oxygens (including phenoxy) is 2. The minimum atomic E-state index is -0.270. The molecule has 1 rings (SSSR count). The molecule has 0 amide bonds. The van der Waals surface area contributed by atoms with Crippen molar-refractivity contribution >= 4 is 5.97 Å². The maximum atomic E-state index is 11.2. The van der Waals surface area contributed by atoms with Crippen LogP contribution in [-0.4, -0.2) is 25.3 Å². The summed E-state index contributed by atoms with van der Waals surface area (Å²) in [7, 11) is 0. The van der Waals surface area contributed by atoms with Crippen LogP contribution in [0, 0.1) is 0 Å². The van der Waals surface area contributed by atoms with E-state index in [4.69, 9.17) is 9.47 Å². The topological polar surface area (TPSA) is 38.8 Å². The summed E-state index contributed by atoms with van der Waals surface area (Å²) in [6.07, 6.45) is 5.54. The summed E-state index contributed by atoms with van der Waals surface area (Å²) in [4.78, 5) is 11.2. The van der Waals surface area contributed by atoms with Gasteiger partial charge in [0.1, 0.15) is 12.7 Å². The van der Waals surface area contributed by atoms with Gasteiger partial charge < -0.3 is 9.47 Å². The first kappa shape index (κ1) is 9.99. The van der Waals surface area contributed by atoms with Crippen molar-refractivity contribution in [3.8, 4) is 0 Å². The third kappa shape index (κ3) is 3.90. The lowest BCUT2D eigenvalue weighted by atomic mass is 10.3. The molecule has 1 aliphatic heterocycles. The van der Waals surface area contributed by atoms with Crippen LogP contribution < -0.4 is 0 Å². The highest BCUT2D eigenvalue weighted by atomic mass is 16.6. The fraction of sp³-hybridized carbons (Fsp3) is 0.500. The van der Waals surface area contributed by atoms with Crippen molar-refractivity contribution < 1.29 is 14.3 Å². The second-order valence-corrected chi connectivity index (χ2v) is 2.93. The van der Waals surface area contributed by atoms with E-state index in [0.717, 1.165) is 0 Å². The lowest BCUT2D eigenvalue weighted by Gasteiger charge is -2.01. The summed E-state index contributed by atoms with van der Waals surface area (Å²) in [5, 5.41) is 0. The minimum Gasteiger partial charge on any atom is -0.459 e. The number of hydrogen-bond donors (Lipinski definition) is 0. The Morgan fingerprint density at radius 1 is 1.69 bits per heavy atom. The predicted octanol–water partition coefficient (Wildman–Crippen LogP) is 1.45. The molecule has 1 unspecified atom stereocenters. The molecule has 0 bridgehead atoms. The van der Waals surface area contributed by atoms with Gasteiger partial charge in [-0.05, 0) is 13.8 Å². The number of esters is 1. The van der Waals surface area contributed by atoms with E-state index >= 15 is 0 Å². The van der Waals surface area contributed by atoms with E-state index in [9.17, 15) is 4.79 Å². The molecule has 0 aromatic carbocycles. The van der Waals surface area contributed by atoms with Crippen molar-refractivity contribution in [3.05, 3.63) is 23.8 Å². The van der Waals surface area contributed by atoms with Gasteiger partial charge in [-0.15, -0.1) is 0 Å². The second-order valence-electron chi connectivity index (χ2n) is 2.93. The van der Waals surface area contributed by atoms with Gasteiger partial charge in [0, 0.05) is 5.57 Å². The molecule has 0 aromatic heterocycles. The average molecular weight is 182 g/mol. The number of rotatable bonds is 4. The van der Waals surface area contributed by atoms with Crippen LogP contribution in [0.25, 0.3) is 0 Å². The maximum absolute atomic E-state index is 11.2. The van der Waals surface area contributed by atoms with E-state index in [1.165, 1.54) is 0 Å². The van der Waals surface area contributed by atoms with Crippen molar-refractivity contribution in [1.29, 1.82) is 0 Å². The van der Waals surface area contributed by atoms with Crippen molar-refractivity contribution in [1.82, 2.24) is 0 Å². The van der Waals surface area contributed by atoms with Gasteiger partial charge in [0.15, 0.2) is 0 Å². The standard InChI is InChI=1S/C10H14O3/c1-3-4-5-8(2)10(11)13-7-9-6-12-9/h3-5,9H,6-7H2,1-2H3. The highest BCUT2D eigenvalue weighted by Gasteiger charge is 2.24. The summed E-state index contributed by atoms with van der Waals surface area (Å²) in [5.41, 5.74) is 0.610. The molecule has 13 heavy (non-hydrogen) atoms. The van der Waals surface area contributed by atoms with Crippen molar-refractivity contribution in [2.75, 3.05) is 13.2 Å². The van der Waals surface area contributed by atoms with Crippen LogP contribution in [0.2, 0.25) is 0 Å². The van der Waals surface area contributed by atoms with Crippen LogP contribution in [0.3, 0.4) is 0 Å². The van der Waals surface area contributed by atoms with Crippen molar-refractivity contribution in [2.24, 2.45) is 0 Å². The first-order chi connectivity index (χ1) is 6.24. The van der Waals surface area contributed by atoms with Crippen molar-refractivity contribution in [3.63, 3.8) is 0 Å². The number of carbonyl (C=O) groups is 1. The summed E-state index contributed by atoms with van der Waals surface area (Å²) < 4.78 is 9.87. The molecule has 1 saturated heterocycles. The molecule has 0 radical (unpaired) electrons. The van der Waals surface area contributed by atoms with Crippen LogP contribution in [-0.2, 0) is 14.3 Å². The summed E-state index contributed by atoms with van der Waals surface area (Å²) in [5.74, 6) is -0.270. The molecule has 3 heteroatoms. The lowest BCUT2D eigenvalue weighted by molar-refractivity contribution is -0.139. The molecule has 1 aliphatic rings. The molecular formula is C10H14O3. The molecule has 0 aromatic rings. The Morgan fingerprint density at radius 3 is 2.92 bits per heavy atom. The zero-order chi connectivity index (χ0) is 9.68. The van der Waals surface area contributed by atoms with Gasteiger partial charge in [0.05, 0.1) is 6.61 Å². The number of epoxide rings is 1. The van der Waals surface area contributed by atoms with E-state index in [1.807, 2.05) is 19.1 Å². The van der Waals surface area contributed by atoms with Gasteiger partial charge in [-0.25, -0.2) is 4.79 Å².